The molecule has 0 aromatic heterocycles. The number of ether oxygens (including phenoxy) is 2. The van der Waals surface area contributed by atoms with Crippen molar-refractivity contribution >= 4 is 5.78 Å². The Hall–Kier alpha value is -2.29. The van der Waals surface area contributed by atoms with Crippen molar-refractivity contribution in [3.8, 4) is 11.5 Å². The van der Waals surface area contributed by atoms with Crippen LogP contribution in [0.1, 0.15) is 39.6 Å². The van der Waals surface area contributed by atoms with E-state index in [1.807, 2.05) is 13.8 Å². The minimum Gasteiger partial charge on any atom is -0.497 e. The van der Waals surface area contributed by atoms with Crippen LogP contribution in [0.25, 0.3) is 0 Å². The van der Waals surface area contributed by atoms with Crippen LogP contribution in [-0.4, -0.2) is 12.9 Å². The normalized spacial score (nSPS) is 17.1. The highest BCUT2D eigenvalue weighted by Crippen LogP contribution is 2.38. The summed E-state index contributed by atoms with van der Waals surface area (Å²) in [5.41, 5.74) is 4.03. The fraction of sp³-hybridized carbons (Fsp3) is 0.278. The fourth-order valence-corrected chi connectivity index (χ4v) is 2.71. The number of rotatable bonds is 2. The number of carbonyl (C=O) groups is 1. The molecular weight excluding hydrogens is 264 g/mol. The van der Waals surface area contributed by atoms with Crippen LogP contribution in [-0.2, 0) is 0 Å². The van der Waals surface area contributed by atoms with E-state index in [2.05, 4.69) is 18.2 Å². The number of aryl methyl sites for hydroxylation is 2. The molecule has 2 aromatic rings. The molecule has 0 bridgehead atoms. The standard InChI is InChI=1S/C18H18O3/c1-11-4-5-12(2)15(8-11)18-10-16(19)14-7-6-13(20-3)9-17(14)21-18/h4-9,18H,10H2,1-3H3. The van der Waals surface area contributed by atoms with E-state index in [1.165, 1.54) is 5.56 Å². The Morgan fingerprint density at radius 1 is 1.14 bits per heavy atom. The number of fused-ring (bicyclic) bond motifs is 1. The lowest BCUT2D eigenvalue weighted by Gasteiger charge is -2.27. The molecule has 3 rings (SSSR count). The second-order valence-electron chi connectivity index (χ2n) is 5.46. The Bertz CT molecular complexity index is 704. The van der Waals surface area contributed by atoms with Crippen LogP contribution in [0.2, 0.25) is 0 Å². The van der Waals surface area contributed by atoms with Crippen molar-refractivity contribution in [1.29, 1.82) is 0 Å². The summed E-state index contributed by atoms with van der Waals surface area (Å²) in [7, 11) is 1.61. The van der Waals surface area contributed by atoms with Crippen LogP contribution in [0, 0.1) is 13.8 Å². The largest absolute Gasteiger partial charge is 0.497 e. The first-order valence-corrected chi connectivity index (χ1v) is 7.03. The van der Waals surface area contributed by atoms with Gasteiger partial charge in [0.05, 0.1) is 19.1 Å². The molecule has 0 amide bonds. The van der Waals surface area contributed by atoms with Gasteiger partial charge in [0.15, 0.2) is 5.78 Å². The Kier molecular flexibility index (Phi) is 3.42. The summed E-state index contributed by atoms with van der Waals surface area (Å²) in [6.45, 7) is 4.09. The van der Waals surface area contributed by atoms with Gasteiger partial charge in [0, 0.05) is 6.07 Å². The summed E-state index contributed by atoms with van der Waals surface area (Å²) in [4.78, 5) is 12.3. The molecule has 0 fully saturated rings. The lowest BCUT2D eigenvalue weighted by molar-refractivity contribution is 0.0849. The average Bonchev–Trinajstić information content (AvgIpc) is 2.49. The van der Waals surface area contributed by atoms with Gasteiger partial charge in [-0.3, -0.25) is 4.79 Å². The first kappa shape index (κ1) is 13.7. The second-order valence-corrected chi connectivity index (χ2v) is 5.46. The molecule has 1 aliphatic rings. The number of methoxy groups -OCH3 is 1. The lowest BCUT2D eigenvalue weighted by atomic mass is 9.93. The third-order valence-corrected chi connectivity index (χ3v) is 3.91. The van der Waals surface area contributed by atoms with Crippen LogP contribution < -0.4 is 9.47 Å². The monoisotopic (exact) mass is 282 g/mol. The van der Waals surface area contributed by atoms with Gasteiger partial charge in [0.2, 0.25) is 0 Å². The van der Waals surface area contributed by atoms with E-state index < -0.39 is 0 Å². The SMILES string of the molecule is COc1ccc2c(c1)OC(c1cc(C)ccc1C)CC2=O. The minimum atomic E-state index is -0.225. The van der Waals surface area contributed by atoms with Crippen LogP contribution in [0.3, 0.4) is 0 Å². The molecule has 21 heavy (non-hydrogen) atoms. The Labute approximate surface area is 124 Å². The van der Waals surface area contributed by atoms with Crippen LogP contribution in [0.15, 0.2) is 36.4 Å². The van der Waals surface area contributed by atoms with E-state index in [0.717, 1.165) is 11.1 Å². The van der Waals surface area contributed by atoms with Gasteiger partial charge in [0.25, 0.3) is 0 Å². The van der Waals surface area contributed by atoms with Crippen LogP contribution in [0.5, 0.6) is 11.5 Å². The van der Waals surface area contributed by atoms with Gasteiger partial charge in [-0.05, 0) is 37.1 Å². The highest BCUT2D eigenvalue weighted by Gasteiger charge is 2.28. The molecule has 3 nitrogen and oxygen atoms in total. The second kappa shape index (κ2) is 5.24. The van der Waals surface area contributed by atoms with Crippen LogP contribution >= 0.6 is 0 Å². The summed E-state index contributed by atoms with van der Waals surface area (Å²) in [6, 6.07) is 11.6. The molecule has 1 heterocycles. The number of hydrogen-bond acceptors (Lipinski definition) is 3. The van der Waals surface area contributed by atoms with Crippen molar-refractivity contribution in [2.24, 2.45) is 0 Å². The summed E-state index contributed by atoms with van der Waals surface area (Å²) in [6.07, 6.45) is 0.154. The number of carbonyl (C=O) groups excluding carboxylic acids is 1. The summed E-state index contributed by atoms with van der Waals surface area (Å²) < 4.78 is 11.3. The highest BCUT2D eigenvalue weighted by atomic mass is 16.5. The van der Waals surface area contributed by atoms with Gasteiger partial charge < -0.3 is 9.47 Å². The maximum absolute atomic E-state index is 12.3. The van der Waals surface area contributed by atoms with Crippen molar-refractivity contribution in [2.45, 2.75) is 26.4 Å². The predicted molar refractivity (Wildman–Crippen MR) is 81.2 cm³/mol. The van der Waals surface area contributed by atoms with E-state index in [0.29, 0.717) is 23.5 Å². The van der Waals surface area contributed by atoms with Gasteiger partial charge in [-0.1, -0.05) is 23.8 Å². The molecule has 2 aromatic carbocycles. The molecular formula is C18H18O3. The summed E-state index contributed by atoms with van der Waals surface area (Å²) >= 11 is 0. The average molecular weight is 282 g/mol. The molecule has 108 valence electrons. The van der Waals surface area contributed by atoms with Crippen molar-refractivity contribution in [1.82, 2.24) is 0 Å². The van der Waals surface area contributed by atoms with E-state index in [1.54, 1.807) is 25.3 Å². The molecule has 1 atom stereocenters. The predicted octanol–water partition coefficient (Wildman–Crippen LogP) is 4.02. The number of hydrogen-bond donors (Lipinski definition) is 0. The third kappa shape index (κ3) is 2.51. The van der Waals surface area contributed by atoms with Gasteiger partial charge in [-0.15, -0.1) is 0 Å². The maximum atomic E-state index is 12.3. The zero-order valence-corrected chi connectivity index (χ0v) is 12.5. The fourth-order valence-electron chi connectivity index (χ4n) is 2.71. The zero-order chi connectivity index (χ0) is 15.0. The molecule has 1 unspecified atom stereocenters. The van der Waals surface area contributed by atoms with Gasteiger partial charge in [-0.2, -0.15) is 0 Å². The molecule has 0 spiro atoms. The molecule has 3 heteroatoms. The van der Waals surface area contributed by atoms with Gasteiger partial charge in [0.1, 0.15) is 17.6 Å². The Morgan fingerprint density at radius 3 is 2.71 bits per heavy atom. The van der Waals surface area contributed by atoms with Crippen molar-refractivity contribution in [3.05, 3.63) is 58.7 Å². The van der Waals surface area contributed by atoms with E-state index in [-0.39, 0.29) is 11.9 Å². The molecule has 0 saturated heterocycles. The quantitative estimate of drug-likeness (QED) is 0.834. The van der Waals surface area contributed by atoms with Gasteiger partial charge in [-0.25, -0.2) is 0 Å². The Morgan fingerprint density at radius 2 is 1.95 bits per heavy atom. The number of ketones is 1. The molecule has 0 radical (unpaired) electrons. The van der Waals surface area contributed by atoms with Crippen molar-refractivity contribution < 1.29 is 14.3 Å². The molecule has 0 saturated carbocycles. The first-order chi connectivity index (χ1) is 10.1. The highest BCUT2D eigenvalue weighted by molar-refractivity contribution is 6.00. The smallest absolute Gasteiger partial charge is 0.170 e. The molecule has 0 aliphatic carbocycles. The Balaban J connectivity index is 2.01. The summed E-state index contributed by atoms with van der Waals surface area (Å²) in [5.74, 6) is 1.42. The lowest BCUT2D eigenvalue weighted by Crippen LogP contribution is -2.21. The number of Topliss-reactive ketones (excluding diaryl/α,β-unsaturated/α-hetero) is 1. The van der Waals surface area contributed by atoms with E-state index in [9.17, 15) is 4.79 Å². The topological polar surface area (TPSA) is 35.5 Å². The third-order valence-electron chi connectivity index (χ3n) is 3.91. The van der Waals surface area contributed by atoms with Crippen molar-refractivity contribution in [2.75, 3.05) is 7.11 Å². The van der Waals surface area contributed by atoms with E-state index >= 15 is 0 Å². The van der Waals surface area contributed by atoms with E-state index in [4.69, 9.17) is 9.47 Å². The van der Waals surface area contributed by atoms with Gasteiger partial charge >= 0.3 is 0 Å². The zero-order valence-electron chi connectivity index (χ0n) is 12.5. The van der Waals surface area contributed by atoms with Crippen LogP contribution in [0.4, 0.5) is 0 Å². The summed E-state index contributed by atoms with van der Waals surface area (Å²) in [5, 5.41) is 0. The number of benzene rings is 2. The van der Waals surface area contributed by atoms with Crippen molar-refractivity contribution in [3.63, 3.8) is 0 Å². The molecule has 1 aliphatic heterocycles. The first-order valence-electron chi connectivity index (χ1n) is 7.03. The minimum absolute atomic E-state index is 0.116. The maximum Gasteiger partial charge on any atom is 0.170 e. The molecule has 0 N–H and O–H groups in total.